The summed E-state index contributed by atoms with van der Waals surface area (Å²) in [5, 5.41) is 0. The molecular formula is C17H28BNO3. The lowest BCUT2D eigenvalue weighted by atomic mass is 9.76. The summed E-state index contributed by atoms with van der Waals surface area (Å²) in [6.45, 7) is 8.21. The van der Waals surface area contributed by atoms with Gasteiger partial charge < -0.3 is 19.8 Å². The van der Waals surface area contributed by atoms with Gasteiger partial charge in [0.15, 0.2) is 0 Å². The van der Waals surface area contributed by atoms with Crippen LogP contribution >= 0.6 is 0 Å². The Labute approximate surface area is 134 Å². The maximum absolute atomic E-state index is 6.26. The van der Waals surface area contributed by atoms with Gasteiger partial charge in [-0.05, 0) is 64.7 Å². The van der Waals surface area contributed by atoms with Crippen LogP contribution in [0.2, 0.25) is 0 Å². The van der Waals surface area contributed by atoms with Crippen LogP contribution in [0.25, 0.3) is 0 Å². The minimum absolute atomic E-state index is 0.0979. The van der Waals surface area contributed by atoms with Crippen molar-refractivity contribution in [1.29, 1.82) is 0 Å². The van der Waals surface area contributed by atoms with Crippen molar-refractivity contribution in [3.63, 3.8) is 0 Å². The summed E-state index contributed by atoms with van der Waals surface area (Å²) in [4.78, 5) is 0. The van der Waals surface area contributed by atoms with Crippen molar-refractivity contribution >= 4 is 7.12 Å². The van der Waals surface area contributed by atoms with Gasteiger partial charge in [-0.15, -0.1) is 0 Å². The molecule has 0 aromatic heterocycles. The van der Waals surface area contributed by atoms with E-state index in [-0.39, 0.29) is 24.3 Å². The first kappa shape index (κ1) is 17.3. The van der Waals surface area contributed by atoms with Crippen molar-refractivity contribution < 1.29 is 14.0 Å². The molecule has 2 N–H and O–H groups in total. The second-order valence-electron chi connectivity index (χ2n) is 7.03. The lowest BCUT2D eigenvalue weighted by Crippen LogP contribution is -2.41. The maximum atomic E-state index is 6.26. The molecule has 1 aliphatic heterocycles. The lowest BCUT2D eigenvalue weighted by molar-refractivity contribution is 0.00578. The van der Waals surface area contributed by atoms with Gasteiger partial charge in [0.2, 0.25) is 0 Å². The zero-order valence-corrected chi connectivity index (χ0v) is 14.4. The van der Waals surface area contributed by atoms with Crippen LogP contribution in [0.3, 0.4) is 0 Å². The zero-order chi connectivity index (χ0) is 16.4. The summed E-state index contributed by atoms with van der Waals surface area (Å²) in [6, 6.07) is 8.17. The van der Waals surface area contributed by atoms with E-state index in [4.69, 9.17) is 19.8 Å². The van der Waals surface area contributed by atoms with E-state index in [0.29, 0.717) is 0 Å². The van der Waals surface area contributed by atoms with Gasteiger partial charge in [0.25, 0.3) is 0 Å². The normalized spacial score (nSPS) is 20.9. The second kappa shape index (κ2) is 6.61. The highest BCUT2D eigenvalue weighted by Crippen LogP contribution is 2.37. The van der Waals surface area contributed by atoms with Gasteiger partial charge in [-0.25, -0.2) is 0 Å². The number of rotatable bonds is 6. The lowest BCUT2D eigenvalue weighted by Gasteiger charge is -2.32. The molecule has 0 radical (unpaired) electrons. The average Bonchev–Trinajstić information content (AvgIpc) is 2.68. The van der Waals surface area contributed by atoms with Crippen molar-refractivity contribution in [2.24, 2.45) is 5.73 Å². The van der Waals surface area contributed by atoms with E-state index in [1.54, 1.807) is 7.11 Å². The molecule has 1 aliphatic rings. The van der Waals surface area contributed by atoms with E-state index >= 15 is 0 Å². The van der Waals surface area contributed by atoms with Crippen LogP contribution in [0.1, 0.15) is 46.1 Å². The monoisotopic (exact) mass is 305 g/mol. The van der Waals surface area contributed by atoms with Crippen molar-refractivity contribution in [3.05, 3.63) is 29.8 Å². The molecule has 0 bridgehead atoms. The Morgan fingerprint density at radius 2 is 1.64 bits per heavy atom. The smallest absolute Gasteiger partial charge is 0.475 e. The number of ether oxygens (including phenoxy) is 1. The zero-order valence-electron chi connectivity index (χ0n) is 14.4. The Bertz CT molecular complexity index is 471. The molecule has 0 unspecified atom stereocenters. The van der Waals surface area contributed by atoms with Crippen LogP contribution in [0.5, 0.6) is 5.75 Å². The van der Waals surface area contributed by atoms with Crippen LogP contribution < -0.4 is 10.5 Å². The molecule has 1 fully saturated rings. The highest BCUT2D eigenvalue weighted by atomic mass is 16.7. The van der Waals surface area contributed by atoms with E-state index in [0.717, 1.165) is 25.0 Å². The molecule has 0 amide bonds. The Balaban J connectivity index is 1.79. The molecule has 1 atom stereocenters. The van der Waals surface area contributed by atoms with Gasteiger partial charge in [0.1, 0.15) is 5.75 Å². The summed E-state index contributed by atoms with van der Waals surface area (Å²) < 4.78 is 17.2. The van der Waals surface area contributed by atoms with Crippen molar-refractivity contribution in [3.8, 4) is 5.75 Å². The molecule has 2 rings (SSSR count). The Morgan fingerprint density at radius 3 is 2.14 bits per heavy atom. The Hall–Kier alpha value is -1.04. The van der Waals surface area contributed by atoms with Crippen LogP contribution in [-0.4, -0.2) is 31.4 Å². The van der Waals surface area contributed by atoms with E-state index in [1.807, 2.05) is 12.1 Å². The Kier molecular flexibility index (Phi) is 5.20. The van der Waals surface area contributed by atoms with E-state index in [2.05, 4.69) is 39.8 Å². The second-order valence-corrected chi connectivity index (χ2v) is 7.03. The summed E-state index contributed by atoms with van der Waals surface area (Å²) in [5.41, 5.74) is 6.93. The van der Waals surface area contributed by atoms with Gasteiger partial charge in [0.05, 0.1) is 18.3 Å². The number of methoxy groups -OCH3 is 1. The van der Waals surface area contributed by atoms with Gasteiger partial charge in [-0.2, -0.15) is 0 Å². The number of hydrogen-bond acceptors (Lipinski definition) is 4. The Morgan fingerprint density at radius 1 is 1.09 bits per heavy atom. The molecule has 1 aromatic carbocycles. The highest BCUT2D eigenvalue weighted by molar-refractivity contribution is 6.47. The molecule has 4 nitrogen and oxygen atoms in total. The quantitative estimate of drug-likeness (QED) is 0.821. The first-order valence-corrected chi connectivity index (χ1v) is 7.99. The fourth-order valence-corrected chi connectivity index (χ4v) is 2.53. The first-order valence-electron chi connectivity index (χ1n) is 7.99. The van der Waals surface area contributed by atoms with E-state index in [1.165, 1.54) is 5.56 Å². The van der Waals surface area contributed by atoms with E-state index < -0.39 is 0 Å². The SMILES string of the molecule is COc1ccc(CCC[C@H](N)B2OC(C)(C)C(C)(C)O2)cc1. The number of benzene rings is 1. The van der Waals surface area contributed by atoms with Gasteiger partial charge >= 0.3 is 7.12 Å². The minimum atomic E-state index is -0.319. The largest absolute Gasteiger partial charge is 0.497 e. The molecule has 22 heavy (non-hydrogen) atoms. The first-order chi connectivity index (χ1) is 10.2. The molecular weight excluding hydrogens is 277 g/mol. The molecule has 0 spiro atoms. The molecule has 122 valence electrons. The third-order valence-corrected chi connectivity index (χ3v) is 4.78. The van der Waals surface area contributed by atoms with Crippen LogP contribution in [0.4, 0.5) is 0 Å². The van der Waals surface area contributed by atoms with Gasteiger partial charge in [-0.3, -0.25) is 0 Å². The van der Waals surface area contributed by atoms with Crippen molar-refractivity contribution in [1.82, 2.24) is 0 Å². The topological polar surface area (TPSA) is 53.7 Å². The van der Waals surface area contributed by atoms with Crippen LogP contribution in [-0.2, 0) is 15.7 Å². The maximum Gasteiger partial charge on any atom is 0.475 e. The molecule has 0 aliphatic carbocycles. The summed E-state index contributed by atoms with van der Waals surface area (Å²) in [5.74, 6) is 0.789. The predicted octanol–water partition coefficient (Wildman–Crippen LogP) is 2.98. The molecule has 1 saturated heterocycles. The number of hydrogen-bond donors (Lipinski definition) is 1. The summed E-state index contributed by atoms with van der Waals surface area (Å²) in [6.07, 6.45) is 2.89. The van der Waals surface area contributed by atoms with E-state index in [9.17, 15) is 0 Å². The summed E-state index contributed by atoms with van der Waals surface area (Å²) >= 11 is 0. The molecule has 5 heteroatoms. The molecule has 1 aromatic rings. The highest BCUT2D eigenvalue weighted by Gasteiger charge is 2.52. The molecule has 0 saturated carbocycles. The fraction of sp³-hybridized carbons (Fsp3) is 0.647. The standard InChI is InChI=1S/C17H28BNO3/c1-16(2)17(3,4)22-18(21-16)15(19)8-6-7-13-9-11-14(20-5)12-10-13/h9-12,15H,6-8,19H2,1-5H3/t15-/m0/s1. The third kappa shape index (κ3) is 3.83. The fourth-order valence-electron chi connectivity index (χ4n) is 2.53. The average molecular weight is 305 g/mol. The predicted molar refractivity (Wildman–Crippen MR) is 90.0 cm³/mol. The van der Waals surface area contributed by atoms with Crippen LogP contribution in [0, 0.1) is 0 Å². The van der Waals surface area contributed by atoms with Gasteiger partial charge in [-0.1, -0.05) is 12.1 Å². The van der Waals surface area contributed by atoms with Crippen molar-refractivity contribution in [2.45, 2.75) is 64.1 Å². The summed E-state index contributed by atoms with van der Waals surface area (Å²) in [7, 11) is 1.36. The molecule has 1 heterocycles. The van der Waals surface area contributed by atoms with Crippen molar-refractivity contribution in [2.75, 3.05) is 7.11 Å². The third-order valence-electron chi connectivity index (χ3n) is 4.78. The van der Waals surface area contributed by atoms with Crippen LogP contribution in [0.15, 0.2) is 24.3 Å². The number of aryl methyl sites for hydroxylation is 1. The number of nitrogens with two attached hydrogens (primary N) is 1. The van der Waals surface area contributed by atoms with Gasteiger partial charge in [0, 0.05) is 5.94 Å². The minimum Gasteiger partial charge on any atom is -0.497 e.